The van der Waals surface area contributed by atoms with Crippen LogP contribution in [0, 0.1) is 5.92 Å². The van der Waals surface area contributed by atoms with Crippen LogP contribution in [0.4, 0.5) is 0 Å². The maximum atomic E-state index is 11.2. The van der Waals surface area contributed by atoms with Gasteiger partial charge in [-0.05, 0) is 5.92 Å². The van der Waals surface area contributed by atoms with Gasteiger partial charge in [-0.25, -0.2) is 12.7 Å². The van der Waals surface area contributed by atoms with Crippen LogP contribution in [-0.2, 0) is 14.8 Å². The zero-order valence-electron chi connectivity index (χ0n) is 8.57. The second-order valence-corrected chi connectivity index (χ2v) is 5.86. The molecule has 4 nitrogen and oxygen atoms in total. The molecular weight excluding hydrogens is 190 g/mol. The van der Waals surface area contributed by atoms with E-state index in [2.05, 4.69) is 0 Å². The Kier molecular flexibility index (Phi) is 4.56. The molecule has 0 aliphatic rings. The first-order valence-electron chi connectivity index (χ1n) is 4.17. The lowest BCUT2D eigenvalue weighted by atomic mass is 10.1. The Labute approximate surface area is 80.0 Å². The number of hydrogen-bond donors (Lipinski definition) is 0. The van der Waals surface area contributed by atoms with Gasteiger partial charge in [0.05, 0.1) is 0 Å². The van der Waals surface area contributed by atoms with E-state index in [0.717, 1.165) is 4.31 Å². The molecule has 0 aromatic carbocycles. The predicted octanol–water partition coefficient (Wildman–Crippen LogP) is 0.493. The third-order valence-electron chi connectivity index (χ3n) is 1.54. The van der Waals surface area contributed by atoms with Gasteiger partial charge in [-0.15, -0.1) is 0 Å². The summed E-state index contributed by atoms with van der Waals surface area (Å²) < 4.78 is 23.5. The highest BCUT2D eigenvalue weighted by Crippen LogP contribution is 2.03. The zero-order valence-corrected chi connectivity index (χ0v) is 9.39. The summed E-state index contributed by atoms with van der Waals surface area (Å²) in [6.45, 7) is 3.78. The zero-order chi connectivity index (χ0) is 10.6. The number of nitrogens with zero attached hydrogens (tertiary/aromatic N) is 1. The third-order valence-corrected chi connectivity index (χ3v) is 3.34. The highest BCUT2D eigenvalue weighted by atomic mass is 32.2. The Morgan fingerprint density at radius 3 is 2.08 bits per heavy atom. The highest BCUT2D eigenvalue weighted by molar-refractivity contribution is 7.89. The van der Waals surface area contributed by atoms with E-state index >= 15 is 0 Å². The topological polar surface area (TPSA) is 54.5 Å². The van der Waals surface area contributed by atoms with Crippen LogP contribution in [-0.4, -0.2) is 38.4 Å². The number of rotatable bonds is 5. The maximum absolute atomic E-state index is 11.2. The van der Waals surface area contributed by atoms with Crippen LogP contribution >= 0.6 is 0 Å². The van der Waals surface area contributed by atoms with Gasteiger partial charge in [0.1, 0.15) is 11.5 Å². The van der Waals surface area contributed by atoms with Gasteiger partial charge in [0, 0.05) is 20.5 Å². The number of carbonyl (C=O) groups excluding carboxylic acids is 1. The van der Waals surface area contributed by atoms with Crippen molar-refractivity contribution in [3.05, 3.63) is 0 Å². The fraction of sp³-hybridized carbons (Fsp3) is 0.875. The lowest BCUT2D eigenvalue weighted by Crippen LogP contribution is -2.29. The van der Waals surface area contributed by atoms with Crippen LogP contribution in [0.3, 0.4) is 0 Å². The van der Waals surface area contributed by atoms with E-state index in [1.54, 1.807) is 0 Å². The molecule has 0 aliphatic heterocycles. The molecule has 0 rings (SSSR count). The Balaban J connectivity index is 4.22. The highest BCUT2D eigenvalue weighted by Gasteiger charge is 2.19. The molecule has 0 aromatic heterocycles. The van der Waals surface area contributed by atoms with Crippen LogP contribution in [0.1, 0.15) is 20.3 Å². The molecule has 5 heteroatoms. The van der Waals surface area contributed by atoms with Crippen LogP contribution in [0.15, 0.2) is 0 Å². The van der Waals surface area contributed by atoms with Crippen LogP contribution < -0.4 is 0 Å². The first-order chi connectivity index (χ1) is 5.75. The normalized spacial score (nSPS) is 12.5. The van der Waals surface area contributed by atoms with Crippen LogP contribution in [0.2, 0.25) is 0 Å². The minimum atomic E-state index is -3.36. The van der Waals surface area contributed by atoms with E-state index in [1.165, 1.54) is 14.1 Å². The quantitative estimate of drug-likeness (QED) is 0.659. The average Bonchev–Trinajstić information content (AvgIpc) is 1.82. The molecule has 0 bridgehead atoms. The third kappa shape index (κ3) is 5.00. The molecule has 0 radical (unpaired) electrons. The largest absolute Gasteiger partial charge is 0.299 e. The molecule has 0 aromatic rings. The Morgan fingerprint density at radius 2 is 1.77 bits per heavy atom. The lowest BCUT2D eigenvalue weighted by Gasteiger charge is -2.10. The summed E-state index contributed by atoms with van der Waals surface area (Å²) in [5, 5.41) is 0. The smallest absolute Gasteiger partial charge is 0.220 e. The van der Waals surface area contributed by atoms with Crippen molar-refractivity contribution < 1.29 is 13.2 Å². The van der Waals surface area contributed by atoms with Gasteiger partial charge in [-0.2, -0.15) is 0 Å². The van der Waals surface area contributed by atoms with E-state index in [9.17, 15) is 13.2 Å². The minimum absolute atomic E-state index is 0.213. The minimum Gasteiger partial charge on any atom is -0.299 e. The molecule has 0 saturated carbocycles. The van der Waals surface area contributed by atoms with E-state index in [-0.39, 0.29) is 17.5 Å². The van der Waals surface area contributed by atoms with E-state index in [1.807, 2.05) is 13.8 Å². The molecule has 13 heavy (non-hydrogen) atoms. The van der Waals surface area contributed by atoms with Gasteiger partial charge in [0.15, 0.2) is 0 Å². The fourth-order valence-corrected chi connectivity index (χ4v) is 1.63. The van der Waals surface area contributed by atoms with Crippen molar-refractivity contribution >= 4 is 15.8 Å². The molecule has 0 amide bonds. The van der Waals surface area contributed by atoms with Crippen molar-refractivity contribution in [2.24, 2.45) is 5.92 Å². The molecule has 0 N–H and O–H groups in total. The van der Waals surface area contributed by atoms with Crippen LogP contribution in [0.25, 0.3) is 0 Å². The first kappa shape index (κ1) is 12.6. The van der Waals surface area contributed by atoms with Crippen LogP contribution in [0.5, 0.6) is 0 Å². The van der Waals surface area contributed by atoms with Gasteiger partial charge in [-0.3, -0.25) is 4.79 Å². The first-order valence-corrected chi connectivity index (χ1v) is 5.78. The second kappa shape index (κ2) is 4.72. The molecule has 78 valence electrons. The van der Waals surface area contributed by atoms with Crippen molar-refractivity contribution in [1.29, 1.82) is 0 Å². The number of carbonyl (C=O) groups is 1. The fourth-order valence-electron chi connectivity index (χ4n) is 0.847. The van der Waals surface area contributed by atoms with E-state index in [4.69, 9.17) is 0 Å². The molecule has 0 spiro atoms. The molecule has 0 atom stereocenters. The van der Waals surface area contributed by atoms with Crippen molar-refractivity contribution in [2.75, 3.05) is 19.8 Å². The predicted molar refractivity (Wildman–Crippen MR) is 51.9 cm³/mol. The summed E-state index contributed by atoms with van der Waals surface area (Å²) in [6, 6.07) is 0. The summed E-state index contributed by atoms with van der Waals surface area (Å²) in [6.07, 6.45) is 0.326. The Morgan fingerprint density at radius 1 is 1.31 bits per heavy atom. The number of Topliss-reactive ketones (excluding diaryl/α,β-unsaturated/α-hetero) is 1. The van der Waals surface area contributed by atoms with Gasteiger partial charge in [0.25, 0.3) is 0 Å². The molecule has 0 heterocycles. The number of ketones is 1. The van der Waals surface area contributed by atoms with Gasteiger partial charge < -0.3 is 0 Å². The van der Waals surface area contributed by atoms with Gasteiger partial charge in [-0.1, -0.05) is 13.8 Å². The number of hydrogen-bond acceptors (Lipinski definition) is 3. The Bertz CT molecular complexity index is 267. The summed E-state index contributed by atoms with van der Waals surface area (Å²) in [4.78, 5) is 11.2. The Hall–Kier alpha value is -0.420. The maximum Gasteiger partial charge on any atom is 0.220 e. The summed E-state index contributed by atoms with van der Waals surface area (Å²) in [5.74, 6) is -0.383. The summed E-state index contributed by atoms with van der Waals surface area (Å²) in [7, 11) is -0.502. The van der Waals surface area contributed by atoms with E-state index in [0.29, 0.717) is 6.42 Å². The molecule has 0 unspecified atom stereocenters. The SMILES string of the molecule is CC(C)CC(=O)CS(=O)(=O)N(C)C. The average molecular weight is 207 g/mol. The number of sulfonamides is 1. The monoisotopic (exact) mass is 207 g/mol. The van der Waals surface area contributed by atoms with Crippen molar-refractivity contribution in [2.45, 2.75) is 20.3 Å². The van der Waals surface area contributed by atoms with Crippen molar-refractivity contribution in [3.8, 4) is 0 Å². The summed E-state index contributed by atoms with van der Waals surface area (Å²) in [5.41, 5.74) is 0. The van der Waals surface area contributed by atoms with E-state index < -0.39 is 10.0 Å². The van der Waals surface area contributed by atoms with Crippen molar-refractivity contribution in [3.63, 3.8) is 0 Å². The molecule has 0 fully saturated rings. The summed E-state index contributed by atoms with van der Waals surface area (Å²) >= 11 is 0. The van der Waals surface area contributed by atoms with Crippen molar-refractivity contribution in [1.82, 2.24) is 4.31 Å². The molecular formula is C8H17NO3S. The standard InChI is InChI=1S/C8H17NO3S/c1-7(2)5-8(10)6-13(11,12)9(3)4/h7H,5-6H2,1-4H3. The lowest BCUT2D eigenvalue weighted by molar-refractivity contribution is -0.117. The molecule has 0 saturated heterocycles. The molecule has 0 aliphatic carbocycles. The van der Waals surface area contributed by atoms with Gasteiger partial charge >= 0.3 is 0 Å². The second-order valence-electron chi connectivity index (χ2n) is 3.68. The van der Waals surface area contributed by atoms with Gasteiger partial charge in [0.2, 0.25) is 10.0 Å².